The van der Waals surface area contributed by atoms with Gasteiger partial charge in [-0.2, -0.15) is 0 Å². The molecule has 2 atom stereocenters. The highest BCUT2D eigenvalue weighted by molar-refractivity contribution is 7.91. The molecule has 7 nitrogen and oxygen atoms in total. The smallest absolute Gasteiger partial charge is 0.229 e. The lowest BCUT2D eigenvalue weighted by atomic mass is 10.0. The zero-order valence-electron chi connectivity index (χ0n) is 14.4. The predicted molar refractivity (Wildman–Crippen MR) is 102 cm³/mol. The van der Waals surface area contributed by atoms with Crippen molar-refractivity contribution >= 4 is 43.1 Å². The van der Waals surface area contributed by atoms with Crippen molar-refractivity contribution in [2.75, 3.05) is 29.9 Å². The fraction of sp³-hybridized carbons (Fsp3) is 0.471. The molecule has 1 N–H and O–H groups in total. The van der Waals surface area contributed by atoms with Gasteiger partial charge >= 0.3 is 0 Å². The number of rotatable bonds is 3. The van der Waals surface area contributed by atoms with Gasteiger partial charge in [-0.25, -0.2) is 18.4 Å². The Labute approximate surface area is 156 Å². The molecule has 138 valence electrons. The average Bonchev–Trinajstić information content (AvgIpc) is 3.15. The van der Waals surface area contributed by atoms with E-state index in [0.717, 1.165) is 22.2 Å². The third-order valence-electron chi connectivity index (χ3n) is 4.92. The Kier molecular flexibility index (Phi) is 4.44. The normalized spacial score (nSPS) is 24.9. The van der Waals surface area contributed by atoms with E-state index in [0.29, 0.717) is 18.9 Å². The van der Waals surface area contributed by atoms with Gasteiger partial charge in [-0.15, -0.1) is 11.3 Å². The Morgan fingerprint density at radius 2 is 2.15 bits per heavy atom. The van der Waals surface area contributed by atoms with Crippen LogP contribution in [0.1, 0.15) is 12.0 Å². The number of nitrogens with one attached hydrogen (secondary N) is 1. The molecule has 2 aromatic heterocycles. The summed E-state index contributed by atoms with van der Waals surface area (Å²) in [5.41, 5.74) is 1.04. The Morgan fingerprint density at radius 1 is 1.31 bits per heavy atom. The van der Waals surface area contributed by atoms with E-state index in [1.807, 2.05) is 24.5 Å². The van der Waals surface area contributed by atoms with Gasteiger partial charge in [0.05, 0.1) is 28.9 Å². The van der Waals surface area contributed by atoms with Crippen molar-refractivity contribution in [1.29, 1.82) is 0 Å². The van der Waals surface area contributed by atoms with Gasteiger partial charge < -0.3 is 10.2 Å². The molecule has 4 rings (SSSR count). The van der Waals surface area contributed by atoms with Crippen LogP contribution >= 0.6 is 11.3 Å². The molecule has 0 aliphatic carbocycles. The van der Waals surface area contributed by atoms with E-state index in [-0.39, 0.29) is 17.4 Å². The third kappa shape index (κ3) is 3.21. The van der Waals surface area contributed by atoms with Gasteiger partial charge in [0.15, 0.2) is 9.84 Å². The molecule has 0 saturated carbocycles. The molecule has 0 aromatic carbocycles. The minimum absolute atomic E-state index is 0.0538. The number of amides is 1. The van der Waals surface area contributed by atoms with Crippen molar-refractivity contribution < 1.29 is 13.2 Å². The molecule has 1 fully saturated rings. The largest absolute Gasteiger partial charge is 0.365 e. The lowest BCUT2D eigenvalue weighted by Crippen LogP contribution is -2.44. The van der Waals surface area contributed by atoms with Crippen molar-refractivity contribution in [2.24, 2.45) is 5.92 Å². The maximum absolute atomic E-state index is 12.9. The number of nitrogens with zero attached hydrogens (tertiary/aromatic N) is 3. The van der Waals surface area contributed by atoms with Crippen LogP contribution in [0.25, 0.3) is 10.2 Å². The van der Waals surface area contributed by atoms with Crippen LogP contribution in [-0.2, 0) is 14.6 Å². The van der Waals surface area contributed by atoms with Gasteiger partial charge in [0, 0.05) is 13.1 Å². The quantitative estimate of drug-likeness (QED) is 0.798. The van der Waals surface area contributed by atoms with Gasteiger partial charge in [-0.3, -0.25) is 4.79 Å². The maximum atomic E-state index is 12.9. The highest BCUT2D eigenvalue weighted by Gasteiger charge is 2.43. The molecule has 2 aliphatic heterocycles. The summed E-state index contributed by atoms with van der Waals surface area (Å²) in [6, 6.07) is -0.476. The van der Waals surface area contributed by atoms with Crippen LogP contribution in [0, 0.1) is 12.8 Å². The lowest BCUT2D eigenvalue weighted by molar-refractivity contribution is -0.134. The second-order valence-corrected chi connectivity index (χ2v) is 9.81. The van der Waals surface area contributed by atoms with Crippen LogP contribution < -0.4 is 5.32 Å². The summed E-state index contributed by atoms with van der Waals surface area (Å²) in [4.78, 5) is 24.1. The zero-order chi connectivity index (χ0) is 18.3. The molecule has 0 spiro atoms. The summed E-state index contributed by atoms with van der Waals surface area (Å²) in [7, 11) is -3.27. The molecular weight excluding hydrogens is 372 g/mol. The summed E-state index contributed by atoms with van der Waals surface area (Å²) in [5.74, 6) is -0.245. The Hall–Kier alpha value is -2.00. The molecule has 0 radical (unpaired) electrons. The van der Waals surface area contributed by atoms with E-state index in [2.05, 4.69) is 15.3 Å². The molecule has 2 aromatic rings. The minimum Gasteiger partial charge on any atom is -0.365 e. The SMILES string of the molecule is Cc1csc2ncnc(N[C@@H]3CS(=O)(=O)C[C@H]3C(=O)N3CC=CCC3)c12. The number of carbonyl (C=O) groups is 1. The Balaban J connectivity index is 1.63. The fourth-order valence-corrected chi connectivity index (χ4v) is 6.42. The van der Waals surface area contributed by atoms with Crippen LogP contribution in [0.5, 0.6) is 0 Å². The topological polar surface area (TPSA) is 92.3 Å². The average molecular weight is 393 g/mol. The first-order chi connectivity index (χ1) is 12.4. The molecule has 26 heavy (non-hydrogen) atoms. The number of hydrogen-bond acceptors (Lipinski definition) is 7. The van der Waals surface area contributed by atoms with Crippen LogP contribution in [-0.4, -0.2) is 59.8 Å². The van der Waals surface area contributed by atoms with Crippen LogP contribution in [0.4, 0.5) is 5.82 Å². The third-order valence-corrected chi connectivity index (χ3v) is 7.65. The number of thiophene rings is 1. The van der Waals surface area contributed by atoms with Crippen molar-refractivity contribution in [1.82, 2.24) is 14.9 Å². The molecular formula is C17H20N4O3S2. The van der Waals surface area contributed by atoms with E-state index < -0.39 is 21.8 Å². The van der Waals surface area contributed by atoms with Crippen LogP contribution in [0.3, 0.4) is 0 Å². The predicted octanol–water partition coefficient (Wildman–Crippen LogP) is 1.61. The second-order valence-electron chi connectivity index (χ2n) is 6.80. The molecule has 1 saturated heterocycles. The lowest BCUT2D eigenvalue weighted by Gasteiger charge is -2.28. The van der Waals surface area contributed by atoms with Gasteiger partial charge in [0.25, 0.3) is 0 Å². The van der Waals surface area contributed by atoms with Crippen LogP contribution in [0.2, 0.25) is 0 Å². The zero-order valence-corrected chi connectivity index (χ0v) is 16.0. The number of sulfone groups is 1. The standard InChI is InChI=1S/C17H20N4O3S2/c1-11-7-25-16-14(11)15(18-10-19-16)20-13-9-26(23,24)8-12(13)17(22)21-5-3-2-4-6-21/h2-3,7,10,12-13H,4-6,8-9H2,1H3,(H,18,19,20)/t12-,13-/m1/s1. The Bertz CT molecular complexity index is 983. The van der Waals surface area contributed by atoms with E-state index in [1.165, 1.54) is 17.7 Å². The number of fused-ring (bicyclic) bond motifs is 1. The van der Waals surface area contributed by atoms with Crippen molar-refractivity contribution in [2.45, 2.75) is 19.4 Å². The van der Waals surface area contributed by atoms with Crippen molar-refractivity contribution in [3.8, 4) is 0 Å². The fourth-order valence-electron chi connectivity index (χ4n) is 3.61. The number of aromatic nitrogens is 2. The Morgan fingerprint density at radius 3 is 2.92 bits per heavy atom. The maximum Gasteiger partial charge on any atom is 0.229 e. The monoisotopic (exact) mass is 392 g/mol. The van der Waals surface area contributed by atoms with E-state index in [1.54, 1.807) is 4.90 Å². The summed E-state index contributed by atoms with van der Waals surface area (Å²) in [5, 5.41) is 6.14. The van der Waals surface area contributed by atoms with Crippen LogP contribution in [0.15, 0.2) is 23.9 Å². The number of anilines is 1. The van der Waals surface area contributed by atoms with E-state index in [9.17, 15) is 13.2 Å². The summed E-state index contributed by atoms with van der Waals surface area (Å²) < 4.78 is 24.5. The summed E-state index contributed by atoms with van der Waals surface area (Å²) in [6.07, 6.45) is 6.28. The first-order valence-corrected chi connectivity index (χ1v) is 11.2. The molecule has 9 heteroatoms. The summed E-state index contributed by atoms with van der Waals surface area (Å²) >= 11 is 1.52. The molecule has 2 aliphatic rings. The first-order valence-electron chi connectivity index (χ1n) is 8.54. The van der Waals surface area contributed by atoms with E-state index in [4.69, 9.17) is 0 Å². The number of carbonyl (C=O) groups excluding carboxylic acids is 1. The van der Waals surface area contributed by atoms with Gasteiger partial charge in [-0.05, 0) is 24.3 Å². The number of hydrogen-bond donors (Lipinski definition) is 1. The van der Waals surface area contributed by atoms with E-state index >= 15 is 0 Å². The molecule has 0 bridgehead atoms. The highest BCUT2D eigenvalue weighted by Crippen LogP contribution is 2.31. The van der Waals surface area contributed by atoms with Crippen molar-refractivity contribution in [3.05, 3.63) is 29.4 Å². The number of aryl methyl sites for hydroxylation is 1. The van der Waals surface area contributed by atoms with Gasteiger partial charge in [0.2, 0.25) is 5.91 Å². The van der Waals surface area contributed by atoms with Gasteiger partial charge in [0.1, 0.15) is 17.0 Å². The van der Waals surface area contributed by atoms with Gasteiger partial charge in [-0.1, -0.05) is 12.2 Å². The summed E-state index contributed by atoms with van der Waals surface area (Å²) in [6.45, 7) is 3.16. The second kappa shape index (κ2) is 6.62. The molecule has 0 unspecified atom stereocenters. The first kappa shape index (κ1) is 17.4. The molecule has 4 heterocycles. The van der Waals surface area contributed by atoms with Crippen molar-refractivity contribution in [3.63, 3.8) is 0 Å². The highest BCUT2D eigenvalue weighted by atomic mass is 32.2. The minimum atomic E-state index is -3.27. The molecule has 1 amide bonds.